The number of ether oxygens (including phenoxy) is 1. The molecule has 29 N–H and O–H groups in total. The van der Waals surface area contributed by atoms with Gasteiger partial charge in [-0.15, -0.1) is 0 Å². The van der Waals surface area contributed by atoms with Gasteiger partial charge in [0.15, 0.2) is 5.78 Å². The van der Waals surface area contributed by atoms with Crippen LogP contribution in [0.25, 0.3) is 10.9 Å². The molecule has 0 aliphatic carbocycles. The number of para-hydroxylation sites is 2. The summed E-state index contributed by atoms with van der Waals surface area (Å²) in [4.78, 5) is 277. The number of cyclic esters (lactones) is 1. The first-order valence-corrected chi connectivity index (χ1v) is 43.3. The van der Waals surface area contributed by atoms with Gasteiger partial charge in [0, 0.05) is 59.0 Å². The topological polar surface area (TPSA) is 788 Å². The van der Waals surface area contributed by atoms with Gasteiger partial charge in [0.05, 0.1) is 61.6 Å². The molecule has 2 heterocycles. The number of hydrogen-bond acceptors (Lipinski definition) is 28. The van der Waals surface area contributed by atoms with Crippen molar-refractivity contribution in [2.24, 2.45) is 17.4 Å². The summed E-state index contributed by atoms with van der Waals surface area (Å²) >= 11 is 0. The first-order chi connectivity index (χ1) is 62.3. The van der Waals surface area contributed by atoms with Gasteiger partial charge in [0.1, 0.15) is 72.6 Å². The number of carbonyl (C=O) groups excluding carboxylic acids is 16. The Bertz CT molecular complexity index is 5040. The number of ketones is 1. The number of carboxylic acid groups (broad SMARTS) is 4. The number of H-pyrrole nitrogens is 1. The van der Waals surface area contributed by atoms with E-state index in [1.54, 1.807) is 54.7 Å². The van der Waals surface area contributed by atoms with Gasteiger partial charge >= 0.3 is 29.8 Å². The number of sulfone groups is 1. The number of carboxylic acids is 4. The third kappa shape index (κ3) is 35.7. The predicted octanol–water partition coefficient (Wildman–Crippen LogP) is -3.94. The molecule has 47 nitrogen and oxygen atoms in total. The van der Waals surface area contributed by atoms with Crippen LogP contribution in [-0.2, 0) is 112 Å². The number of Topliss-reactive ketones (excluding diaryl/α,β-unsaturated/α-hetero) is 1. The van der Waals surface area contributed by atoms with Crippen LogP contribution < -0.4 is 97.8 Å². The highest BCUT2D eigenvalue weighted by Crippen LogP contribution is 2.25. The van der Waals surface area contributed by atoms with E-state index >= 15 is 0 Å². The Morgan fingerprint density at radius 2 is 1.02 bits per heavy atom. The number of amides is 14. The van der Waals surface area contributed by atoms with Crippen molar-refractivity contribution in [1.29, 1.82) is 0 Å². The summed E-state index contributed by atoms with van der Waals surface area (Å²) < 4.78 is 30.0. The molecule has 0 spiro atoms. The Balaban J connectivity index is 0.00000161. The number of carbonyl (C=O) groups is 20. The second kappa shape index (κ2) is 53.3. The number of nitrogen functional groups attached to an aromatic ring is 3. The molecule has 48 heteroatoms. The molecule has 0 bridgehead atoms. The first kappa shape index (κ1) is 108. The molecule has 1 aromatic heterocycles. The van der Waals surface area contributed by atoms with E-state index in [-0.39, 0.29) is 46.8 Å². The lowest BCUT2D eigenvalue weighted by molar-refractivity contribution is -0.156. The number of unbranched alkanes of at least 4 members (excludes halogenated alkanes) is 6. The zero-order valence-corrected chi connectivity index (χ0v) is 73.4. The van der Waals surface area contributed by atoms with Gasteiger partial charge in [0.25, 0.3) is 0 Å². The van der Waals surface area contributed by atoms with Gasteiger partial charge in [-0.3, -0.25) is 91.1 Å². The Morgan fingerprint density at radius 3 is 1.58 bits per heavy atom. The van der Waals surface area contributed by atoms with Gasteiger partial charge < -0.3 is 133 Å². The molecule has 5 aromatic rings. The summed E-state index contributed by atoms with van der Waals surface area (Å²) in [6.07, 6.45) is -2.33. The molecule has 132 heavy (non-hydrogen) atoms. The number of primary amides is 1. The predicted molar refractivity (Wildman–Crippen MR) is 467 cm³/mol. The Hall–Kier alpha value is -14.7. The van der Waals surface area contributed by atoms with E-state index in [1.165, 1.54) is 48.5 Å². The second-order valence-electron chi connectivity index (χ2n) is 30.9. The number of fused-ring (bicyclic) bond motifs is 1. The van der Waals surface area contributed by atoms with Crippen molar-refractivity contribution in [1.82, 2.24) is 74.1 Å². The van der Waals surface area contributed by atoms with Crippen LogP contribution in [0.15, 0.2) is 113 Å². The number of anilines is 3. The lowest BCUT2D eigenvalue weighted by Crippen LogP contribution is -2.62. The maximum atomic E-state index is 14.8. The second-order valence-corrected chi connectivity index (χ2v) is 32.8. The molecule has 4 aromatic carbocycles. The van der Waals surface area contributed by atoms with E-state index in [0.717, 1.165) is 52.9 Å². The van der Waals surface area contributed by atoms with Crippen LogP contribution in [0.1, 0.15) is 146 Å². The van der Waals surface area contributed by atoms with Crippen LogP contribution in [0.4, 0.5) is 17.1 Å². The number of aromatic amines is 1. The van der Waals surface area contributed by atoms with E-state index in [4.69, 9.17) is 33.4 Å². The molecule has 1 aliphatic heterocycles. The Kier molecular flexibility index (Phi) is 43.5. The van der Waals surface area contributed by atoms with Gasteiger partial charge in [-0.05, 0) is 118 Å². The first-order valence-electron chi connectivity index (χ1n) is 41.8. The summed E-state index contributed by atoms with van der Waals surface area (Å²) in [7, 11) is -3.48. The van der Waals surface area contributed by atoms with Crippen molar-refractivity contribution in [2.45, 2.75) is 219 Å². The molecule has 1 aliphatic rings. The highest BCUT2D eigenvalue weighted by molar-refractivity contribution is 7.91. The van der Waals surface area contributed by atoms with Crippen molar-refractivity contribution in [3.63, 3.8) is 0 Å². The number of aliphatic carboxylic acids is 4. The third-order valence-electron chi connectivity index (χ3n) is 20.2. The fourth-order valence-electron chi connectivity index (χ4n) is 13.2. The standard InChI is InChI=1S/C72H101N17O26.C12H12N2O2S/c1-5-6-7-8-9-10-11-22-53(93)81-44(25-38-31-76-42-20-15-13-17-39(38)42)66(108)84-45(27-52(75)92)67(109)86-48(30-59(102)103)68(110)89-61-37(4)115-72(114)49(26-51(91)40-18-12-14-19-41(40)74)87-71(113)60(35(2)24-56(96)97)88-69(111)50(34-90)82-55(95)32-77-63(105)46(28-57(98)99)83-62(104)36(3)79-65(107)47(29-58(100)101)85-64(106)43(21-16-23-73)80-54(94)33-78-70(61)112;13-9-1-5-11(6-2-9)17(15,16)12-7-3-10(14)4-8-12/h12-15,17-20,31,35-37,43-50,60-61,76,90H,5-11,16,21-30,32-34,73-74H2,1-4H3,(H2,75,92)(H,77,105)(H,78,112)(H,79,107)(H,80,94)(H,81,93)(H,82,95)(H,83,104)(H,84,108)(H,85,106)(H,86,109)(H,87,113)(H,88,111)(H,89,110)(H,96,97)(H,98,99)(H,100,101)(H,102,103);1-8H,13-14H2/t35-,36+,37+,43-,44-,45-,46-,47-,48-,49-,50+,60+,61+;/m0./s1. The minimum atomic E-state index is -3.48. The molecule has 718 valence electrons. The average molecular weight is 1870 g/mol. The normalized spacial score (nSPS) is 19.9. The fourth-order valence-corrected chi connectivity index (χ4v) is 14.4. The number of esters is 1. The monoisotopic (exact) mass is 1870 g/mol. The van der Waals surface area contributed by atoms with Gasteiger partial charge in [-0.25, -0.2) is 13.2 Å². The smallest absolute Gasteiger partial charge is 0.329 e. The quantitative estimate of drug-likeness (QED) is 0.00781. The molecule has 1 fully saturated rings. The fraction of sp³-hybridized carbons (Fsp3) is 0.452. The molecule has 13 atom stereocenters. The molecule has 14 amide bonds. The number of aromatic nitrogens is 1. The molecule has 0 unspecified atom stereocenters. The van der Waals surface area contributed by atoms with Crippen LogP contribution in [0, 0.1) is 5.92 Å². The van der Waals surface area contributed by atoms with Gasteiger partial charge in [0.2, 0.25) is 92.5 Å². The molecular formula is C84H113N19O28S. The number of aliphatic hydroxyl groups is 1. The zero-order chi connectivity index (χ0) is 98.2. The summed E-state index contributed by atoms with van der Waals surface area (Å²) in [6, 6.07) is 1.65. The number of aliphatic hydroxyl groups excluding tert-OH is 1. The van der Waals surface area contributed by atoms with E-state index in [2.05, 4.69) is 65.1 Å². The van der Waals surface area contributed by atoms with E-state index < -0.39 is 271 Å². The molecule has 0 radical (unpaired) electrons. The number of nitrogens with two attached hydrogens (primary N) is 5. The van der Waals surface area contributed by atoms with Crippen molar-refractivity contribution < 1.29 is 135 Å². The van der Waals surface area contributed by atoms with Crippen LogP contribution in [0.2, 0.25) is 0 Å². The number of benzene rings is 4. The minimum Gasteiger partial charge on any atom is -0.481 e. The number of rotatable bonds is 37. The lowest BCUT2D eigenvalue weighted by atomic mass is 9.96. The van der Waals surface area contributed by atoms with E-state index in [1.807, 2.05) is 16.0 Å². The van der Waals surface area contributed by atoms with Crippen molar-refractivity contribution in [3.05, 3.63) is 114 Å². The van der Waals surface area contributed by atoms with Crippen LogP contribution in [0.3, 0.4) is 0 Å². The lowest BCUT2D eigenvalue weighted by Gasteiger charge is -2.30. The summed E-state index contributed by atoms with van der Waals surface area (Å²) in [5.74, 6) is -29.7. The zero-order valence-electron chi connectivity index (χ0n) is 72.6. The molecule has 0 saturated carbocycles. The molecule has 6 rings (SSSR count). The highest BCUT2D eigenvalue weighted by atomic mass is 32.2. The largest absolute Gasteiger partial charge is 0.481 e. The molecular weight excluding hydrogens is 1760 g/mol. The minimum absolute atomic E-state index is 0.0186. The van der Waals surface area contributed by atoms with Crippen molar-refractivity contribution in [3.8, 4) is 0 Å². The summed E-state index contributed by atoms with van der Waals surface area (Å²) in [5.41, 5.74) is 30.2. The summed E-state index contributed by atoms with van der Waals surface area (Å²) in [5, 5.41) is 78.7. The highest BCUT2D eigenvalue weighted by Gasteiger charge is 2.41. The van der Waals surface area contributed by atoms with Crippen LogP contribution >= 0.6 is 0 Å². The van der Waals surface area contributed by atoms with Crippen molar-refractivity contribution in [2.75, 3.05) is 43.4 Å². The Morgan fingerprint density at radius 1 is 0.515 bits per heavy atom. The maximum absolute atomic E-state index is 14.8. The van der Waals surface area contributed by atoms with Crippen molar-refractivity contribution >= 4 is 156 Å². The third-order valence-corrected chi connectivity index (χ3v) is 22.0. The molecule has 1 saturated heterocycles. The van der Waals surface area contributed by atoms with Gasteiger partial charge in [-0.2, -0.15) is 0 Å². The van der Waals surface area contributed by atoms with Crippen LogP contribution in [0.5, 0.6) is 0 Å². The average Bonchev–Trinajstić information content (AvgIpc) is 0.837. The van der Waals surface area contributed by atoms with Crippen LogP contribution in [-0.4, -0.2) is 256 Å². The maximum Gasteiger partial charge on any atom is 0.329 e. The van der Waals surface area contributed by atoms with E-state index in [0.29, 0.717) is 40.7 Å². The summed E-state index contributed by atoms with van der Waals surface area (Å²) in [6.45, 7) is 1.11. The van der Waals surface area contributed by atoms with E-state index in [9.17, 15) is 130 Å². The SMILES string of the molecule is CCCCCCCCCC(=O)N[C@@H](Cc1c[nH]c2ccccc12)C(=O)N[C@@H](CC(N)=O)C(=O)N[C@@H](CC(=O)O)C(=O)N[C@H]1C(=O)NCC(=O)N[C@@H](CCCN)C(=O)N[C@@H](CC(=O)O)C(=O)N[C@H](C)C(=O)N[C@@H](CC(=O)O)C(=O)NCC(=O)N[C@H](CO)C(=O)N[C@H]([C@@H](C)CC(=O)O)C(=O)N[C@@H](CC(=O)c2ccccc2N)C(=O)O[C@@H]1C.Nc1ccc(S(=O)(=O)c2ccc(N)cc2)cc1. The van der Waals surface area contributed by atoms with Gasteiger partial charge in [-0.1, -0.05) is 82.7 Å². The number of nitrogens with one attached hydrogen (secondary N) is 14. The Labute approximate surface area is 755 Å². The number of hydrogen-bond donors (Lipinski definition) is 24.